The number of hydrogen-bond donors (Lipinski definition) is 1. The Morgan fingerprint density at radius 1 is 1.08 bits per heavy atom. The maximum absolute atomic E-state index is 13.2. The fourth-order valence-corrected chi connectivity index (χ4v) is 9.97. The molecule has 0 spiro atoms. The highest BCUT2D eigenvalue weighted by atomic mass is 16.3. The zero-order chi connectivity index (χ0) is 26.5. The summed E-state index contributed by atoms with van der Waals surface area (Å²) in [5, 5.41) is 10.3. The standard InChI is InChI=1S/C32H48N4O2/c1-22(4-9-30(38)36-18-16-35(17-19-36)29-21-33-14-15-34-29)26-7-8-27-25-6-5-23-20-24(37)10-12-31(23,2)28(25)11-13-32(26,27)3/h5,14-15,21-22,24-28,37H,4,6-13,16-20H2,1-3H3/t22-,24+,25+,26-,27+,28+,31+,32-/m1/s1. The van der Waals surface area contributed by atoms with E-state index in [0.29, 0.717) is 29.1 Å². The highest BCUT2D eigenvalue weighted by Gasteiger charge is 2.59. The third-order valence-corrected chi connectivity index (χ3v) is 12.2. The first-order chi connectivity index (χ1) is 18.3. The summed E-state index contributed by atoms with van der Waals surface area (Å²) in [6, 6.07) is 0. The molecule has 1 amide bonds. The topological polar surface area (TPSA) is 69.6 Å². The monoisotopic (exact) mass is 520 g/mol. The van der Waals surface area contributed by atoms with Crippen molar-refractivity contribution in [2.45, 2.75) is 91.1 Å². The van der Waals surface area contributed by atoms with Crippen LogP contribution in [-0.2, 0) is 4.79 Å². The molecule has 4 aliphatic carbocycles. The Labute approximate surface area is 229 Å². The Kier molecular flexibility index (Phi) is 7.07. The van der Waals surface area contributed by atoms with E-state index in [1.165, 1.54) is 38.5 Å². The van der Waals surface area contributed by atoms with Crippen molar-refractivity contribution in [2.24, 2.45) is 40.4 Å². The van der Waals surface area contributed by atoms with Crippen LogP contribution in [0.1, 0.15) is 85.0 Å². The van der Waals surface area contributed by atoms with E-state index in [-0.39, 0.29) is 6.10 Å². The van der Waals surface area contributed by atoms with E-state index in [4.69, 9.17) is 0 Å². The van der Waals surface area contributed by atoms with E-state index in [2.05, 4.69) is 46.6 Å². The second-order valence-corrected chi connectivity index (χ2v) is 13.8. The van der Waals surface area contributed by atoms with Gasteiger partial charge in [0, 0.05) is 45.0 Å². The van der Waals surface area contributed by atoms with Gasteiger partial charge in [0.2, 0.25) is 5.91 Å². The van der Waals surface area contributed by atoms with Crippen LogP contribution in [0, 0.1) is 40.4 Å². The van der Waals surface area contributed by atoms with Gasteiger partial charge in [-0.2, -0.15) is 0 Å². The Balaban J connectivity index is 1.04. The largest absolute Gasteiger partial charge is 0.393 e. The zero-order valence-electron chi connectivity index (χ0n) is 23.8. The molecule has 0 unspecified atom stereocenters. The van der Waals surface area contributed by atoms with Crippen LogP contribution in [0.3, 0.4) is 0 Å². The van der Waals surface area contributed by atoms with Gasteiger partial charge in [0.15, 0.2) is 0 Å². The lowest BCUT2D eigenvalue weighted by atomic mass is 9.47. The second-order valence-electron chi connectivity index (χ2n) is 13.8. The number of fused-ring (bicyclic) bond motifs is 5. The molecule has 0 radical (unpaired) electrons. The smallest absolute Gasteiger partial charge is 0.222 e. The summed E-state index contributed by atoms with van der Waals surface area (Å²) in [6.07, 6.45) is 19.0. The van der Waals surface area contributed by atoms with E-state index >= 15 is 0 Å². The van der Waals surface area contributed by atoms with Crippen molar-refractivity contribution in [3.8, 4) is 0 Å². The molecule has 2 heterocycles. The molecule has 6 nitrogen and oxygen atoms in total. The van der Waals surface area contributed by atoms with Gasteiger partial charge < -0.3 is 14.9 Å². The van der Waals surface area contributed by atoms with E-state index in [1.807, 2.05) is 6.20 Å². The van der Waals surface area contributed by atoms with E-state index < -0.39 is 0 Å². The van der Waals surface area contributed by atoms with Crippen molar-refractivity contribution in [3.63, 3.8) is 0 Å². The summed E-state index contributed by atoms with van der Waals surface area (Å²) < 4.78 is 0. The van der Waals surface area contributed by atoms with Gasteiger partial charge in [0.25, 0.3) is 0 Å². The van der Waals surface area contributed by atoms with Gasteiger partial charge in [-0.05, 0) is 98.2 Å². The molecule has 1 N–H and O–H groups in total. The molecule has 6 heteroatoms. The number of amides is 1. The summed E-state index contributed by atoms with van der Waals surface area (Å²) in [6.45, 7) is 10.8. The van der Waals surface area contributed by atoms with Gasteiger partial charge in [0.05, 0.1) is 12.3 Å². The first-order valence-electron chi connectivity index (χ1n) is 15.5. The molecule has 1 aliphatic heterocycles. The molecule has 8 atom stereocenters. The molecule has 5 aliphatic rings. The third kappa shape index (κ3) is 4.49. The summed E-state index contributed by atoms with van der Waals surface area (Å²) >= 11 is 0. The third-order valence-electron chi connectivity index (χ3n) is 12.2. The summed E-state index contributed by atoms with van der Waals surface area (Å²) in [7, 11) is 0. The molecule has 3 saturated carbocycles. The average molecular weight is 521 g/mol. The number of rotatable bonds is 5. The van der Waals surface area contributed by atoms with Crippen LogP contribution in [-0.4, -0.2) is 58.2 Å². The molecule has 4 fully saturated rings. The van der Waals surface area contributed by atoms with Crippen LogP contribution in [0.5, 0.6) is 0 Å². The summed E-state index contributed by atoms with van der Waals surface area (Å²) in [5.74, 6) is 5.00. The van der Waals surface area contributed by atoms with Crippen molar-refractivity contribution in [3.05, 3.63) is 30.2 Å². The van der Waals surface area contributed by atoms with Crippen molar-refractivity contribution in [2.75, 3.05) is 31.1 Å². The summed E-state index contributed by atoms with van der Waals surface area (Å²) in [4.78, 5) is 26.1. The molecular weight excluding hydrogens is 472 g/mol. The number of carbonyl (C=O) groups excluding carboxylic acids is 1. The van der Waals surface area contributed by atoms with Gasteiger partial charge >= 0.3 is 0 Å². The van der Waals surface area contributed by atoms with Crippen molar-refractivity contribution >= 4 is 11.7 Å². The zero-order valence-corrected chi connectivity index (χ0v) is 23.8. The van der Waals surface area contributed by atoms with Gasteiger partial charge in [-0.3, -0.25) is 9.78 Å². The Morgan fingerprint density at radius 3 is 2.66 bits per heavy atom. The molecular formula is C32H48N4O2. The molecule has 6 rings (SSSR count). The first-order valence-corrected chi connectivity index (χ1v) is 15.5. The molecule has 1 aromatic rings. The lowest BCUT2D eigenvalue weighted by molar-refractivity contribution is -0.132. The number of nitrogens with zero attached hydrogens (tertiary/aromatic N) is 4. The number of carbonyl (C=O) groups is 1. The van der Waals surface area contributed by atoms with Crippen molar-refractivity contribution in [1.82, 2.24) is 14.9 Å². The predicted molar refractivity (Wildman–Crippen MR) is 150 cm³/mol. The number of aromatic nitrogens is 2. The second kappa shape index (κ2) is 10.2. The highest BCUT2D eigenvalue weighted by molar-refractivity contribution is 5.76. The van der Waals surface area contributed by atoms with E-state index in [0.717, 1.165) is 74.9 Å². The Bertz CT molecular complexity index is 1040. The number of piperazine rings is 1. The van der Waals surface area contributed by atoms with Crippen LogP contribution < -0.4 is 4.90 Å². The molecule has 1 saturated heterocycles. The predicted octanol–water partition coefficient (Wildman–Crippen LogP) is 5.48. The Morgan fingerprint density at radius 2 is 1.89 bits per heavy atom. The van der Waals surface area contributed by atoms with Crippen LogP contribution in [0.4, 0.5) is 5.82 Å². The van der Waals surface area contributed by atoms with Crippen LogP contribution in [0.2, 0.25) is 0 Å². The normalized spacial score (nSPS) is 39.6. The number of hydrogen-bond acceptors (Lipinski definition) is 5. The average Bonchev–Trinajstić information content (AvgIpc) is 3.30. The van der Waals surface area contributed by atoms with Gasteiger partial charge in [0.1, 0.15) is 5.82 Å². The van der Waals surface area contributed by atoms with E-state index in [9.17, 15) is 9.90 Å². The lowest BCUT2D eigenvalue weighted by Gasteiger charge is -2.58. The van der Waals surface area contributed by atoms with Gasteiger partial charge in [-0.15, -0.1) is 0 Å². The molecule has 208 valence electrons. The number of aliphatic hydroxyl groups is 1. The van der Waals surface area contributed by atoms with Crippen molar-refractivity contribution < 1.29 is 9.90 Å². The number of aliphatic hydroxyl groups excluding tert-OH is 1. The molecule has 1 aromatic heterocycles. The van der Waals surface area contributed by atoms with Crippen LogP contribution >= 0.6 is 0 Å². The van der Waals surface area contributed by atoms with Crippen LogP contribution in [0.15, 0.2) is 30.2 Å². The molecule has 0 aromatic carbocycles. The molecule has 0 bridgehead atoms. The first kappa shape index (κ1) is 26.3. The number of allylic oxidation sites excluding steroid dienone is 1. The minimum Gasteiger partial charge on any atom is -0.393 e. The quantitative estimate of drug-likeness (QED) is 0.521. The number of anilines is 1. The fraction of sp³-hybridized carbons (Fsp3) is 0.781. The lowest BCUT2D eigenvalue weighted by Crippen LogP contribution is -2.51. The molecule has 38 heavy (non-hydrogen) atoms. The minimum absolute atomic E-state index is 0.124. The Hall–Kier alpha value is -1.95. The van der Waals surface area contributed by atoms with Crippen LogP contribution in [0.25, 0.3) is 0 Å². The van der Waals surface area contributed by atoms with Gasteiger partial charge in [-0.25, -0.2) is 4.98 Å². The van der Waals surface area contributed by atoms with Crippen molar-refractivity contribution in [1.29, 1.82) is 0 Å². The fourth-order valence-electron chi connectivity index (χ4n) is 9.97. The maximum atomic E-state index is 13.2. The van der Waals surface area contributed by atoms with E-state index in [1.54, 1.807) is 18.0 Å². The SMILES string of the molecule is C[C@H](CCC(=O)N1CCN(c2cnccn2)CC1)[C@H]1CC[C@H]2[C@@H]3CC=C4C[C@@H](O)CC[C@]4(C)[C@H]3CC[C@]12C. The van der Waals surface area contributed by atoms with Gasteiger partial charge in [-0.1, -0.05) is 32.4 Å². The minimum atomic E-state index is -0.124. The highest BCUT2D eigenvalue weighted by Crippen LogP contribution is 2.67. The maximum Gasteiger partial charge on any atom is 0.222 e. The summed E-state index contributed by atoms with van der Waals surface area (Å²) in [5.41, 5.74) is 2.30.